The number of hydrogen-bond acceptors (Lipinski definition) is 2. The molecule has 0 amide bonds. The van der Waals surface area contributed by atoms with Gasteiger partial charge in [-0.25, -0.2) is 9.97 Å². The normalized spacial score (nSPS) is 21.1. The van der Waals surface area contributed by atoms with Gasteiger partial charge < -0.3 is 0 Å². The summed E-state index contributed by atoms with van der Waals surface area (Å²) in [5.74, 6) is 3.92. The van der Waals surface area contributed by atoms with Crippen molar-refractivity contribution in [3.8, 4) is 78.4 Å². The maximum absolute atomic E-state index is 5.36. The van der Waals surface area contributed by atoms with Crippen LogP contribution in [0.4, 0.5) is 0 Å². The molecule has 4 bridgehead atoms. The molecule has 5 aliphatic rings. The second-order valence-electron chi connectivity index (χ2n) is 19.6. The molecule has 66 heavy (non-hydrogen) atoms. The van der Waals surface area contributed by atoms with Crippen LogP contribution in [0.5, 0.6) is 0 Å². The monoisotopic (exact) mass is 844 g/mol. The Morgan fingerprint density at radius 1 is 0.333 bits per heavy atom. The number of hydrogen-bond donors (Lipinski definition) is 0. The Bertz CT molecular complexity index is 3520. The van der Waals surface area contributed by atoms with Crippen molar-refractivity contribution < 1.29 is 0 Å². The van der Waals surface area contributed by atoms with Gasteiger partial charge in [0.2, 0.25) is 0 Å². The first-order valence-corrected chi connectivity index (χ1v) is 24.1. The first kappa shape index (κ1) is 37.9. The zero-order valence-corrected chi connectivity index (χ0v) is 36.9. The summed E-state index contributed by atoms with van der Waals surface area (Å²) in [7, 11) is 0. The summed E-state index contributed by atoms with van der Waals surface area (Å²) in [6, 6.07) is 76.2. The van der Waals surface area contributed by atoms with Gasteiger partial charge in [0.1, 0.15) is 0 Å². The highest BCUT2D eigenvalue weighted by atomic mass is 14.9. The smallest absolute Gasteiger partial charge is 0.160 e. The van der Waals surface area contributed by atoms with E-state index in [9.17, 15) is 0 Å². The first-order chi connectivity index (χ1) is 32.7. The fraction of sp³-hybridized carbons (Fsp3) is 0.156. The molecule has 10 aromatic rings. The van der Waals surface area contributed by atoms with Crippen LogP contribution in [-0.4, -0.2) is 9.97 Å². The topological polar surface area (TPSA) is 25.8 Å². The molecule has 0 unspecified atom stereocenters. The summed E-state index contributed by atoms with van der Waals surface area (Å²) < 4.78 is 0. The van der Waals surface area contributed by atoms with Gasteiger partial charge in [-0.3, -0.25) is 0 Å². The molecule has 1 heterocycles. The molecular weight excluding hydrogens is 797 g/mol. The lowest BCUT2D eigenvalue weighted by atomic mass is 9.43. The molecule has 0 saturated heterocycles. The molecule has 1 aromatic heterocycles. The molecule has 2 heteroatoms. The van der Waals surface area contributed by atoms with Crippen molar-refractivity contribution in [2.45, 2.75) is 37.5 Å². The van der Waals surface area contributed by atoms with Crippen molar-refractivity contribution in [2.24, 2.45) is 23.7 Å². The van der Waals surface area contributed by atoms with Crippen LogP contribution in [0.3, 0.4) is 0 Å². The highest BCUT2D eigenvalue weighted by Gasteiger charge is 2.61. The Labute approximate surface area is 386 Å². The molecule has 0 radical (unpaired) electrons. The van der Waals surface area contributed by atoms with E-state index >= 15 is 0 Å². The van der Waals surface area contributed by atoms with E-state index in [2.05, 4.69) is 206 Å². The van der Waals surface area contributed by atoms with Crippen molar-refractivity contribution in [2.75, 3.05) is 0 Å². The van der Waals surface area contributed by atoms with Gasteiger partial charge in [-0.05, 0) is 151 Å². The third kappa shape index (κ3) is 5.67. The van der Waals surface area contributed by atoms with E-state index in [-0.39, 0.29) is 5.41 Å². The highest BCUT2D eigenvalue weighted by Crippen LogP contribution is 2.70. The van der Waals surface area contributed by atoms with Gasteiger partial charge in [-0.2, -0.15) is 0 Å². The Morgan fingerprint density at radius 3 is 1.55 bits per heavy atom. The van der Waals surface area contributed by atoms with Gasteiger partial charge in [0.25, 0.3) is 0 Å². The number of benzene rings is 9. The lowest BCUT2D eigenvalue weighted by Crippen LogP contribution is -2.55. The molecule has 0 N–H and O–H groups in total. The minimum atomic E-state index is 0.0814. The third-order valence-electron chi connectivity index (χ3n) is 16.3. The first-order valence-electron chi connectivity index (χ1n) is 24.1. The molecule has 4 saturated carbocycles. The van der Waals surface area contributed by atoms with E-state index in [0.717, 1.165) is 51.0 Å². The van der Waals surface area contributed by atoms with E-state index in [4.69, 9.17) is 9.97 Å². The molecule has 1 spiro atoms. The van der Waals surface area contributed by atoms with Crippen molar-refractivity contribution in [3.63, 3.8) is 0 Å². The molecule has 5 aliphatic carbocycles. The van der Waals surface area contributed by atoms with Crippen molar-refractivity contribution in [3.05, 3.63) is 217 Å². The lowest BCUT2D eigenvalue weighted by Gasteiger charge is -2.61. The van der Waals surface area contributed by atoms with Crippen LogP contribution in [-0.2, 0) is 5.41 Å². The predicted octanol–water partition coefficient (Wildman–Crippen LogP) is 16.5. The summed E-state index contributed by atoms with van der Waals surface area (Å²) in [6.07, 6.45) is 6.95. The average molecular weight is 845 g/mol. The Kier molecular flexibility index (Phi) is 8.50. The molecule has 0 atom stereocenters. The highest BCUT2D eigenvalue weighted by molar-refractivity contribution is 6.08. The van der Waals surface area contributed by atoms with Crippen LogP contribution in [0.1, 0.15) is 43.2 Å². The molecule has 2 nitrogen and oxygen atoms in total. The summed E-state index contributed by atoms with van der Waals surface area (Å²) in [4.78, 5) is 10.6. The summed E-state index contributed by atoms with van der Waals surface area (Å²) in [5.41, 5.74) is 18.6. The van der Waals surface area contributed by atoms with E-state index in [1.54, 1.807) is 11.1 Å². The maximum atomic E-state index is 5.36. The molecule has 314 valence electrons. The number of fused-ring (bicyclic) bond motifs is 5. The summed E-state index contributed by atoms with van der Waals surface area (Å²) in [6.45, 7) is 0. The second kappa shape index (κ2) is 14.8. The van der Waals surface area contributed by atoms with Crippen LogP contribution in [0.25, 0.3) is 100.0 Å². The van der Waals surface area contributed by atoms with Crippen LogP contribution in [0, 0.1) is 23.7 Å². The van der Waals surface area contributed by atoms with Gasteiger partial charge in [-0.1, -0.05) is 188 Å². The molecular formula is C64H48N2. The van der Waals surface area contributed by atoms with E-state index in [1.807, 2.05) is 0 Å². The number of rotatable bonds is 6. The fourth-order valence-corrected chi connectivity index (χ4v) is 13.9. The lowest BCUT2D eigenvalue weighted by molar-refractivity contribution is -0.0398. The van der Waals surface area contributed by atoms with Crippen LogP contribution < -0.4 is 0 Å². The Balaban J connectivity index is 0.955. The quantitative estimate of drug-likeness (QED) is 0.167. The van der Waals surface area contributed by atoms with Gasteiger partial charge in [0, 0.05) is 22.1 Å². The van der Waals surface area contributed by atoms with E-state index < -0.39 is 0 Å². The van der Waals surface area contributed by atoms with Crippen LogP contribution in [0.2, 0.25) is 0 Å². The molecule has 15 rings (SSSR count). The van der Waals surface area contributed by atoms with Gasteiger partial charge >= 0.3 is 0 Å². The standard InChI is InChI=1S/C64H48N2/c1-3-16-42(17-4-1)48-22-9-14-27-54(48)60-39-61(66-63(65-60)43-18-5-2-6-19-43)55-31-30-53(49-23-10-12-25-51(49)55)50-24-11-13-26-52(50)56-28-15-29-58-62(56)57-37-44-20-7-8-21-45(44)38-59(57)64(58)46-33-40-32-41(35-46)36-47(64)34-40/h1-31,37-41,46-47H,32-36H2. The van der Waals surface area contributed by atoms with Gasteiger partial charge in [-0.15, -0.1) is 0 Å². The zero-order valence-electron chi connectivity index (χ0n) is 36.9. The predicted molar refractivity (Wildman–Crippen MR) is 273 cm³/mol. The van der Waals surface area contributed by atoms with Gasteiger partial charge in [0.05, 0.1) is 11.4 Å². The largest absolute Gasteiger partial charge is 0.228 e. The molecule has 9 aromatic carbocycles. The SMILES string of the molecule is c1ccc(-c2nc(-c3ccccc3-c3ccccc3)cc(-c3ccc(-c4ccccc4-c4cccc5c4-c4cc6ccccc6cc4C54C5CC6CC(C5)CC4C6)c4ccccc34)n2)cc1. The fourth-order valence-electron chi connectivity index (χ4n) is 13.9. The summed E-state index contributed by atoms with van der Waals surface area (Å²) >= 11 is 0. The minimum Gasteiger partial charge on any atom is -0.228 e. The third-order valence-corrected chi connectivity index (χ3v) is 16.3. The minimum absolute atomic E-state index is 0.0814. The van der Waals surface area contributed by atoms with Gasteiger partial charge in [0.15, 0.2) is 5.82 Å². The maximum Gasteiger partial charge on any atom is 0.160 e. The second-order valence-corrected chi connectivity index (χ2v) is 19.6. The van der Waals surface area contributed by atoms with E-state index in [0.29, 0.717) is 17.7 Å². The van der Waals surface area contributed by atoms with Crippen LogP contribution >= 0.6 is 0 Å². The molecule has 4 fully saturated rings. The molecule has 0 aliphatic heterocycles. The van der Waals surface area contributed by atoms with Crippen LogP contribution in [0.15, 0.2) is 206 Å². The Morgan fingerprint density at radius 2 is 0.848 bits per heavy atom. The number of aromatic nitrogens is 2. The number of nitrogens with zero attached hydrogens (tertiary/aromatic N) is 2. The zero-order chi connectivity index (χ0) is 43.3. The summed E-state index contributed by atoms with van der Waals surface area (Å²) in [5, 5.41) is 5.09. The average Bonchev–Trinajstić information content (AvgIpc) is 3.66. The van der Waals surface area contributed by atoms with E-state index in [1.165, 1.54) is 87.0 Å². The van der Waals surface area contributed by atoms with Crippen molar-refractivity contribution >= 4 is 21.5 Å². The Hall–Kier alpha value is -7.42. The van der Waals surface area contributed by atoms with Crippen molar-refractivity contribution in [1.29, 1.82) is 0 Å². The van der Waals surface area contributed by atoms with Crippen molar-refractivity contribution in [1.82, 2.24) is 9.97 Å².